The fourth-order valence-electron chi connectivity index (χ4n) is 8.36. The smallest absolute Gasteiger partial charge is 0.225 e. The molecule has 1 atom stereocenters. The second kappa shape index (κ2) is 11.7. The van der Waals surface area contributed by atoms with Gasteiger partial charge in [-0.1, -0.05) is 31.9 Å². The normalized spacial score (nSPS) is 24.9. The fraction of sp³-hybridized carbons (Fsp3) is 0.606. The van der Waals surface area contributed by atoms with Gasteiger partial charge in [-0.2, -0.15) is 0 Å². The molecule has 0 aromatic heterocycles. The molecule has 1 aliphatic carbocycles. The highest BCUT2D eigenvalue weighted by Gasteiger charge is 2.50. The number of likely N-dealkylation sites (tertiary alicyclic amines) is 1. The molecule has 222 valence electrons. The Morgan fingerprint density at radius 1 is 0.927 bits per heavy atom. The Morgan fingerprint density at radius 3 is 2.24 bits per heavy atom. The Labute approximate surface area is 244 Å². The van der Waals surface area contributed by atoms with E-state index >= 15 is 0 Å². The van der Waals surface area contributed by atoms with Crippen LogP contribution in [0.4, 0.5) is 10.1 Å². The number of anilines is 1. The number of carbonyl (C=O) groups is 1. The molecule has 0 spiro atoms. The Kier molecular flexibility index (Phi) is 8.16. The number of carbonyl (C=O) groups excluding carboxylic acids is 1. The average molecular weight is 582 g/mol. The van der Waals surface area contributed by atoms with E-state index in [2.05, 4.69) is 21.2 Å². The van der Waals surface area contributed by atoms with Crippen LogP contribution < -0.4 is 10.2 Å². The quantitative estimate of drug-likeness (QED) is 0.501. The van der Waals surface area contributed by atoms with Crippen molar-refractivity contribution in [2.24, 2.45) is 17.8 Å². The molecule has 41 heavy (non-hydrogen) atoms. The maximum atomic E-state index is 14.9. The lowest BCUT2D eigenvalue weighted by Gasteiger charge is -2.52. The van der Waals surface area contributed by atoms with Crippen molar-refractivity contribution in [3.05, 3.63) is 59.4 Å². The fourth-order valence-corrected chi connectivity index (χ4v) is 9.25. The van der Waals surface area contributed by atoms with Crippen LogP contribution in [0.2, 0.25) is 0 Å². The first-order valence-electron chi connectivity index (χ1n) is 15.7. The molecule has 2 aromatic carbocycles. The van der Waals surface area contributed by atoms with Gasteiger partial charge in [0.05, 0.1) is 10.6 Å². The number of hydrogen-bond acceptors (Lipinski definition) is 5. The Bertz CT molecular complexity index is 1340. The summed E-state index contributed by atoms with van der Waals surface area (Å²) in [6.07, 6.45) is 9.16. The molecule has 1 unspecified atom stereocenters. The third-order valence-corrected chi connectivity index (χ3v) is 12.3. The van der Waals surface area contributed by atoms with Crippen molar-refractivity contribution in [1.29, 1.82) is 0 Å². The van der Waals surface area contributed by atoms with Gasteiger partial charge in [0.1, 0.15) is 5.82 Å². The van der Waals surface area contributed by atoms with Gasteiger partial charge in [0.15, 0.2) is 9.84 Å². The predicted octanol–water partition coefficient (Wildman–Crippen LogP) is 5.31. The number of rotatable bonds is 6. The molecule has 3 aliphatic heterocycles. The first kappa shape index (κ1) is 28.7. The van der Waals surface area contributed by atoms with E-state index in [1.807, 2.05) is 18.2 Å². The summed E-state index contributed by atoms with van der Waals surface area (Å²) in [5, 5.41) is 3.96. The molecule has 1 N–H and O–H groups in total. The molecule has 0 bridgehead atoms. The van der Waals surface area contributed by atoms with Crippen LogP contribution in [0.25, 0.3) is 0 Å². The van der Waals surface area contributed by atoms with E-state index in [0.29, 0.717) is 16.7 Å². The van der Waals surface area contributed by atoms with E-state index in [1.54, 1.807) is 25.1 Å². The van der Waals surface area contributed by atoms with Crippen LogP contribution in [0.1, 0.15) is 69.4 Å². The number of nitrogens with one attached hydrogen (secondary N) is 1. The zero-order chi connectivity index (χ0) is 28.6. The zero-order valence-corrected chi connectivity index (χ0v) is 25.1. The second-order valence-electron chi connectivity index (χ2n) is 12.6. The maximum absolute atomic E-state index is 14.9. The molecule has 3 heterocycles. The third kappa shape index (κ3) is 5.31. The number of halogens is 1. The summed E-state index contributed by atoms with van der Waals surface area (Å²) in [5.74, 6) is 1.28. The van der Waals surface area contributed by atoms with Gasteiger partial charge >= 0.3 is 0 Å². The lowest BCUT2D eigenvalue weighted by atomic mass is 9.63. The molecule has 1 amide bonds. The van der Waals surface area contributed by atoms with Crippen LogP contribution in [0.15, 0.2) is 47.4 Å². The lowest BCUT2D eigenvalue weighted by molar-refractivity contribution is -0.138. The maximum Gasteiger partial charge on any atom is 0.225 e. The Balaban J connectivity index is 1.09. The predicted molar refractivity (Wildman–Crippen MR) is 160 cm³/mol. The SMILES string of the molecule is CCS(=O)(=O)c1ccc(N2CCC(C(=O)N3CCC(C4(C5CCCC5)NCCc5c(F)cccc54)CC3)CC2)cc1. The van der Waals surface area contributed by atoms with Gasteiger partial charge in [-0.3, -0.25) is 4.79 Å². The Hall–Kier alpha value is -2.45. The van der Waals surface area contributed by atoms with E-state index < -0.39 is 9.84 Å². The lowest BCUT2D eigenvalue weighted by Crippen LogP contribution is -2.59. The van der Waals surface area contributed by atoms with Crippen LogP contribution in [-0.4, -0.2) is 57.7 Å². The molecule has 0 radical (unpaired) electrons. The summed E-state index contributed by atoms with van der Waals surface area (Å²) in [5.41, 5.74) is 2.93. The molecule has 6 rings (SSSR count). The van der Waals surface area contributed by atoms with Gasteiger partial charge in [0, 0.05) is 49.9 Å². The minimum Gasteiger partial charge on any atom is -0.371 e. The van der Waals surface area contributed by atoms with Crippen molar-refractivity contribution in [3.8, 4) is 0 Å². The molecule has 3 fully saturated rings. The van der Waals surface area contributed by atoms with Crippen LogP contribution in [0, 0.1) is 23.6 Å². The van der Waals surface area contributed by atoms with Gasteiger partial charge in [0.25, 0.3) is 0 Å². The van der Waals surface area contributed by atoms with Crippen LogP contribution >= 0.6 is 0 Å². The topological polar surface area (TPSA) is 69.7 Å². The number of benzene rings is 2. The van der Waals surface area contributed by atoms with Crippen molar-refractivity contribution >= 4 is 21.4 Å². The van der Waals surface area contributed by atoms with E-state index in [4.69, 9.17) is 0 Å². The average Bonchev–Trinajstić information content (AvgIpc) is 3.57. The number of hydrogen-bond donors (Lipinski definition) is 1. The van der Waals surface area contributed by atoms with E-state index in [9.17, 15) is 17.6 Å². The molecular formula is C33H44FN3O3S. The van der Waals surface area contributed by atoms with Crippen LogP contribution in [-0.2, 0) is 26.6 Å². The number of sulfone groups is 1. The summed E-state index contributed by atoms with van der Waals surface area (Å²) < 4.78 is 39.2. The van der Waals surface area contributed by atoms with Crippen molar-refractivity contribution in [1.82, 2.24) is 10.2 Å². The Morgan fingerprint density at radius 2 is 1.59 bits per heavy atom. The summed E-state index contributed by atoms with van der Waals surface area (Å²) in [6.45, 7) is 5.62. The van der Waals surface area contributed by atoms with Gasteiger partial charge < -0.3 is 15.1 Å². The summed E-state index contributed by atoms with van der Waals surface area (Å²) in [6, 6.07) is 12.8. The van der Waals surface area contributed by atoms with Gasteiger partial charge in [-0.15, -0.1) is 0 Å². The molecule has 4 aliphatic rings. The third-order valence-electron chi connectivity index (χ3n) is 10.6. The zero-order valence-electron chi connectivity index (χ0n) is 24.3. The van der Waals surface area contributed by atoms with Crippen LogP contribution in [0.5, 0.6) is 0 Å². The van der Waals surface area contributed by atoms with E-state index in [-0.39, 0.29) is 28.9 Å². The highest BCUT2D eigenvalue weighted by atomic mass is 32.2. The van der Waals surface area contributed by atoms with Gasteiger partial charge in [-0.25, -0.2) is 12.8 Å². The molecule has 2 saturated heterocycles. The molecular weight excluding hydrogens is 537 g/mol. The molecule has 8 heteroatoms. The van der Waals surface area contributed by atoms with Crippen molar-refractivity contribution < 1.29 is 17.6 Å². The van der Waals surface area contributed by atoms with Crippen LogP contribution in [0.3, 0.4) is 0 Å². The summed E-state index contributed by atoms with van der Waals surface area (Å²) in [4.78, 5) is 18.3. The monoisotopic (exact) mass is 581 g/mol. The highest BCUT2D eigenvalue weighted by Crippen LogP contribution is 2.51. The number of nitrogens with zero attached hydrogens (tertiary/aromatic N) is 2. The summed E-state index contributed by atoms with van der Waals surface area (Å²) in [7, 11) is -3.20. The molecule has 6 nitrogen and oxygen atoms in total. The summed E-state index contributed by atoms with van der Waals surface area (Å²) >= 11 is 0. The van der Waals surface area contributed by atoms with E-state index in [0.717, 1.165) is 76.1 Å². The highest BCUT2D eigenvalue weighted by molar-refractivity contribution is 7.91. The van der Waals surface area contributed by atoms with Crippen molar-refractivity contribution in [2.75, 3.05) is 43.4 Å². The standard InChI is InChI=1S/C33H44FN3O3S/c1-2-41(39,40)28-12-10-27(11-13-28)36-20-15-24(16-21-36)32(38)37-22-17-26(18-23-37)33(25-6-3-4-7-25)30-8-5-9-31(34)29(30)14-19-35-33/h5,8-13,24-26,35H,2-4,6-7,14-23H2,1H3. The largest absolute Gasteiger partial charge is 0.371 e. The van der Waals surface area contributed by atoms with Crippen molar-refractivity contribution in [3.63, 3.8) is 0 Å². The second-order valence-corrected chi connectivity index (χ2v) is 14.8. The number of piperidine rings is 2. The van der Waals surface area contributed by atoms with Crippen molar-refractivity contribution in [2.45, 2.75) is 75.1 Å². The molecule has 1 saturated carbocycles. The first-order chi connectivity index (χ1) is 19.8. The number of fused-ring (bicyclic) bond motifs is 1. The minimum absolute atomic E-state index is 0.0361. The number of amides is 1. The van der Waals surface area contributed by atoms with Gasteiger partial charge in [0.2, 0.25) is 5.91 Å². The van der Waals surface area contributed by atoms with E-state index in [1.165, 1.54) is 31.2 Å². The first-order valence-corrected chi connectivity index (χ1v) is 17.4. The minimum atomic E-state index is -3.20. The molecule has 2 aromatic rings. The van der Waals surface area contributed by atoms with Gasteiger partial charge in [-0.05, 0) is 98.2 Å².